The summed E-state index contributed by atoms with van der Waals surface area (Å²) < 4.78 is 5.79. The van der Waals surface area contributed by atoms with Gasteiger partial charge in [-0.25, -0.2) is 0 Å². The fourth-order valence-corrected chi connectivity index (χ4v) is 3.50. The maximum atomic E-state index is 10.6. The Labute approximate surface area is 178 Å². The van der Waals surface area contributed by atoms with Gasteiger partial charge in [-0.15, -0.1) is 0 Å². The lowest BCUT2D eigenvalue weighted by molar-refractivity contribution is 0.304. The summed E-state index contributed by atoms with van der Waals surface area (Å²) in [5.74, 6) is 0.645. The Morgan fingerprint density at radius 3 is 2.48 bits per heavy atom. The molecule has 0 saturated heterocycles. The number of aromatic nitrogens is 2. The van der Waals surface area contributed by atoms with Crippen molar-refractivity contribution in [1.82, 2.24) is 10.2 Å². The standard InChI is InChI=1S/C23H18Cl2N2O2/c1-14-22(16-5-3-2-4-6-16)23(27-26-14)18-9-8-17(12-21(18)28)29-13-15-7-10-19(24)20(25)11-15/h2-12,28H,13H2,1H3,(H,26,27). The third-order valence-corrected chi connectivity index (χ3v) is 5.36. The Hall–Kier alpha value is -2.95. The van der Waals surface area contributed by atoms with Gasteiger partial charge < -0.3 is 9.84 Å². The van der Waals surface area contributed by atoms with Crippen molar-refractivity contribution in [3.63, 3.8) is 0 Å². The largest absolute Gasteiger partial charge is 0.507 e. The van der Waals surface area contributed by atoms with E-state index >= 15 is 0 Å². The average Bonchev–Trinajstić information content (AvgIpc) is 3.10. The van der Waals surface area contributed by atoms with Crippen LogP contribution in [0.2, 0.25) is 10.0 Å². The molecule has 0 aliphatic carbocycles. The van der Waals surface area contributed by atoms with Crippen LogP contribution in [0, 0.1) is 6.92 Å². The van der Waals surface area contributed by atoms with Crippen LogP contribution < -0.4 is 4.74 Å². The molecule has 0 aliphatic rings. The van der Waals surface area contributed by atoms with Gasteiger partial charge in [0.15, 0.2) is 0 Å². The predicted molar refractivity (Wildman–Crippen MR) is 117 cm³/mol. The molecule has 146 valence electrons. The van der Waals surface area contributed by atoms with E-state index in [2.05, 4.69) is 10.2 Å². The van der Waals surface area contributed by atoms with Crippen molar-refractivity contribution in [3.05, 3.63) is 88.0 Å². The van der Waals surface area contributed by atoms with Crippen molar-refractivity contribution in [2.75, 3.05) is 0 Å². The van der Waals surface area contributed by atoms with Gasteiger partial charge in [0.05, 0.1) is 10.0 Å². The normalized spacial score (nSPS) is 10.9. The summed E-state index contributed by atoms with van der Waals surface area (Å²) >= 11 is 12.0. The SMILES string of the molecule is Cc1[nH]nc(-c2ccc(OCc3ccc(Cl)c(Cl)c3)cc2O)c1-c1ccccc1. The second kappa shape index (κ2) is 8.19. The highest BCUT2D eigenvalue weighted by molar-refractivity contribution is 6.42. The molecule has 3 aromatic carbocycles. The van der Waals surface area contributed by atoms with E-state index in [0.717, 1.165) is 22.4 Å². The highest BCUT2D eigenvalue weighted by atomic mass is 35.5. The van der Waals surface area contributed by atoms with E-state index in [1.807, 2.05) is 55.5 Å². The van der Waals surface area contributed by atoms with Crippen molar-refractivity contribution in [2.45, 2.75) is 13.5 Å². The third-order valence-electron chi connectivity index (χ3n) is 4.62. The fraction of sp³-hybridized carbons (Fsp3) is 0.0870. The molecule has 6 heteroatoms. The van der Waals surface area contributed by atoms with Gasteiger partial charge in [-0.1, -0.05) is 59.6 Å². The van der Waals surface area contributed by atoms with Crippen molar-refractivity contribution in [2.24, 2.45) is 0 Å². The zero-order chi connectivity index (χ0) is 20.4. The molecule has 4 nitrogen and oxygen atoms in total. The third kappa shape index (κ3) is 4.09. The molecule has 1 heterocycles. The zero-order valence-corrected chi connectivity index (χ0v) is 17.1. The van der Waals surface area contributed by atoms with Crippen LogP contribution in [0.1, 0.15) is 11.3 Å². The lowest BCUT2D eigenvalue weighted by Gasteiger charge is -2.10. The van der Waals surface area contributed by atoms with Gasteiger partial charge in [0, 0.05) is 22.9 Å². The minimum absolute atomic E-state index is 0.0975. The number of hydrogen-bond donors (Lipinski definition) is 2. The molecule has 1 aromatic heterocycles. The molecule has 0 saturated carbocycles. The van der Waals surface area contributed by atoms with Gasteiger partial charge in [0.25, 0.3) is 0 Å². The van der Waals surface area contributed by atoms with E-state index in [0.29, 0.717) is 33.7 Å². The summed E-state index contributed by atoms with van der Waals surface area (Å²) in [6.07, 6.45) is 0. The highest BCUT2D eigenvalue weighted by Crippen LogP contribution is 2.38. The maximum absolute atomic E-state index is 10.6. The van der Waals surface area contributed by atoms with E-state index in [9.17, 15) is 5.11 Å². The van der Waals surface area contributed by atoms with Crippen molar-refractivity contribution in [3.8, 4) is 33.9 Å². The van der Waals surface area contributed by atoms with E-state index in [1.54, 1.807) is 18.2 Å². The first-order valence-corrected chi connectivity index (χ1v) is 9.79. The lowest BCUT2D eigenvalue weighted by Crippen LogP contribution is -1.95. The summed E-state index contributed by atoms with van der Waals surface area (Å²) in [4.78, 5) is 0. The quantitative estimate of drug-likeness (QED) is 0.377. The molecule has 0 aliphatic heterocycles. The van der Waals surface area contributed by atoms with Gasteiger partial charge in [0.2, 0.25) is 0 Å². The topological polar surface area (TPSA) is 58.1 Å². The number of phenolic OH excluding ortho intramolecular Hbond substituents is 1. The monoisotopic (exact) mass is 424 g/mol. The number of phenols is 1. The van der Waals surface area contributed by atoms with Gasteiger partial charge >= 0.3 is 0 Å². The molecule has 2 N–H and O–H groups in total. The number of H-pyrrole nitrogens is 1. The number of ether oxygens (including phenoxy) is 1. The Morgan fingerprint density at radius 1 is 0.966 bits per heavy atom. The Balaban J connectivity index is 1.59. The average molecular weight is 425 g/mol. The zero-order valence-electron chi connectivity index (χ0n) is 15.6. The molecule has 0 unspecified atom stereocenters. The number of rotatable bonds is 5. The Bertz CT molecular complexity index is 1160. The van der Waals surface area contributed by atoms with E-state index in [-0.39, 0.29) is 5.75 Å². The molecule has 0 bridgehead atoms. The lowest BCUT2D eigenvalue weighted by atomic mass is 9.99. The van der Waals surface area contributed by atoms with Crippen LogP contribution in [0.15, 0.2) is 66.7 Å². The van der Waals surface area contributed by atoms with Crippen LogP contribution in [0.3, 0.4) is 0 Å². The number of halogens is 2. The minimum atomic E-state index is 0.0975. The summed E-state index contributed by atoms with van der Waals surface area (Å²) in [5.41, 5.74) is 5.15. The molecule has 0 amide bonds. The van der Waals surface area contributed by atoms with Crippen LogP contribution >= 0.6 is 23.2 Å². The molecule has 4 rings (SSSR count). The number of nitrogens with zero attached hydrogens (tertiary/aromatic N) is 1. The van der Waals surface area contributed by atoms with Crippen LogP contribution in [-0.4, -0.2) is 15.3 Å². The summed E-state index contributed by atoms with van der Waals surface area (Å²) in [5, 5.41) is 19.0. The fourth-order valence-electron chi connectivity index (χ4n) is 3.18. The summed E-state index contributed by atoms with van der Waals surface area (Å²) in [7, 11) is 0. The Morgan fingerprint density at radius 2 is 1.76 bits per heavy atom. The first-order valence-electron chi connectivity index (χ1n) is 9.03. The number of aromatic amines is 1. The molecule has 0 fully saturated rings. The maximum Gasteiger partial charge on any atom is 0.128 e. The second-order valence-electron chi connectivity index (χ2n) is 6.65. The number of benzene rings is 3. The first kappa shape index (κ1) is 19.4. The van der Waals surface area contributed by atoms with Crippen molar-refractivity contribution in [1.29, 1.82) is 0 Å². The number of aromatic hydroxyl groups is 1. The van der Waals surface area contributed by atoms with Crippen LogP contribution in [0.5, 0.6) is 11.5 Å². The molecule has 0 atom stereocenters. The van der Waals surface area contributed by atoms with Crippen LogP contribution in [0.4, 0.5) is 0 Å². The molecular formula is C23H18Cl2N2O2. The Kier molecular flexibility index (Phi) is 5.47. The summed E-state index contributed by atoms with van der Waals surface area (Å²) in [6.45, 7) is 2.27. The van der Waals surface area contributed by atoms with Gasteiger partial charge in [-0.2, -0.15) is 5.10 Å². The molecule has 0 spiro atoms. The van der Waals surface area contributed by atoms with Crippen LogP contribution in [-0.2, 0) is 6.61 Å². The number of aryl methyl sites for hydroxylation is 1. The van der Waals surface area contributed by atoms with Gasteiger partial charge in [0.1, 0.15) is 23.8 Å². The van der Waals surface area contributed by atoms with E-state index in [1.165, 1.54) is 0 Å². The van der Waals surface area contributed by atoms with E-state index in [4.69, 9.17) is 27.9 Å². The molecule has 0 radical (unpaired) electrons. The molecule has 4 aromatic rings. The smallest absolute Gasteiger partial charge is 0.128 e. The predicted octanol–water partition coefficient (Wildman–Crippen LogP) is 6.64. The first-order chi connectivity index (χ1) is 14.0. The highest BCUT2D eigenvalue weighted by Gasteiger charge is 2.17. The minimum Gasteiger partial charge on any atom is -0.507 e. The van der Waals surface area contributed by atoms with Crippen molar-refractivity contribution < 1.29 is 9.84 Å². The van der Waals surface area contributed by atoms with Gasteiger partial charge in [-0.05, 0) is 42.3 Å². The van der Waals surface area contributed by atoms with Crippen LogP contribution in [0.25, 0.3) is 22.4 Å². The number of hydrogen-bond acceptors (Lipinski definition) is 3. The van der Waals surface area contributed by atoms with Crippen molar-refractivity contribution >= 4 is 23.2 Å². The summed E-state index contributed by atoms with van der Waals surface area (Å²) in [6, 6.07) is 20.5. The number of nitrogens with one attached hydrogen (secondary N) is 1. The molecule has 29 heavy (non-hydrogen) atoms. The van der Waals surface area contributed by atoms with E-state index < -0.39 is 0 Å². The molecular weight excluding hydrogens is 407 g/mol. The second-order valence-corrected chi connectivity index (χ2v) is 7.47. The van der Waals surface area contributed by atoms with Gasteiger partial charge in [-0.3, -0.25) is 5.10 Å².